The Bertz CT molecular complexity index is 1940. The first-order chi connectivity index (χ1) is 47.6. The van der Waals surface area contributed by atoms with Crippen LogP contribution >= 0.6 is 15.6 Å². The van der Waals surface area contributed by atoms with Crippen LogP contribution in [0.15, 0.2) is 0 Å². The topological polar surface area (TPSA) is 237 Å². The molecule has 0 rings (SSSR count). The van der Waals surface area contributed by atoms with E-state index in [9.17, 15) is 43.2 Å². The number of phosphoric ester groups is 2. The normalized spacial score (nSPS) is 14.3. The zero-order chi connectivity index (χ0) is 73.1. The molecule has 0 saturated heterocycles. The molecule has 99 heavy (non-hydrogen) atoms. The monoisotopic (exact) mass is 1450 g/mol. The first kappa shape index (κ1) is 97.1. The van der Waals surface area contributed by atoms with Gasteiger partial charge in [-0.3, -0.25) is 37.3 Å². The molecule has 0 spiro atoms. The number of phosphoric acid groups is 2. The molecule has 0 aliphatic heterocycles. The second-order valence-corrected chi connectivity index (χ2v) is 33.4. The van der Waals surface area contributed by atoms with Gasteiger partial charge in [-0.25, -0.2) is 9.13 Å². The molecule has 17 nitrogen and oxygen atoms in total. The van der Waals surface area contributed by atoms with Crippen molar-refractivity contribution in [2.45, 2.75) is 427 Å². The summed E-state index contributed by atoms with van der Waals surface area (Å²) < 4.78 is 68.7. The molecule has 0 heterocycles. The largest absolute Gasteiger partial charge is 0.472 e. The highest BCUT2D eigenvalue weighted by Crippen LogP contribution is 2.45. The van der Waals surface area contributed by atoms with E-state index in [1.54, 1.807) is 0 Å². The Morgan fingerprint density at radius 2 is 0.485 bits per heavy atom. The third kappa shape index (κ3) is 72.8. The predicted octanol–water partition coefficient (Wildman–Crippen LogP) is 23.6. The lowest BCUT2D eigenvalue weighted by Gasteiger charge is -2.21. The zero-order valence-corrected chi connectivity index (χ0v) is 66.9. The molecule has 0 aliphatic rings. The number of aliphatic hydroxyl groups is 1. The van der Waals surface area contributed by atoms with Crippen molar-refractivity contribution in [2.24, 2.45) is 23.7 Å². The van der Waals surface area contributed by atoms with Crippen molar-refractivity contribution in [3.8, 4) is 0 Å². The second kappa shape index (κ2) is 69.1. The Kier molecular flexibility index (Phi) is 67.8. The van der Waals surface area contributed by atoms with Crippen molar-refractivity contribution in [1.29, 1.82) is 0 Å². The van der Waals surface area contributed by atoms with Gasteiger partial charge < -0.3 is 33.8 Å². The highest BCUT2D eigenvalue weighted by atomic mass is 31.2. The van der Waals surface area contributed by atoms with Crippen LogP contribution in [0.25, 0.3) is 0 Å². The van der Waals surface area contributed by atoms with Gasteiger partial charge in [0.1, 0.15) is 19.3 Å². The van der Waals surface area contributed by atoms with Crippen LogP contribution in [0.2, 0.25) is 0 Å². The van der Waals surface area contributed by atoms with E-state index in [1.807, 2.05) is 0 Å². The zero-order valence-electron chi connectivity index (χ0n) is 65.1. The number of ether oxygens (including phenoxy) is 4. The number of hydrogen-bond acceptors (Lipinski definition) is 15. The minimum atomic E-state index is -4.96. The molecule has 588 valence electrons. The molecule has 0 radical (unpaired) electrons. The SMILES string of the molecule is CCC(C)CCCCCCCCCCCCC(=O)OC[C@H](COP(=O)(O)OCC(O)COP(=O)(O)OC[C@@H](COC(=O)CCCCCCCCCC(C)C)OC(=O)CCCCCCCCCCCCCCCCCC(C)C)OC(=O)CCCCCCCCCCCCCCCCC(C)C. The van der Waals surface area contributed by atoms with E-state index in [0.29, 0.717) is 31.6 Å². The van der Waals surface area contributed by atoms with Crippen LogP contribution in [0.5, 0.6) is 0 Å². The summed E-state index contributed by atoms with van der Waals surface area (Å²) in [4.78, 5) is 73.0. The van der Waals surface area contributed by atoms with E-state index in [2.05, 4.69) is 55.4 Å². The quantitative estimate of drug-likeness (QED) is 0.0222. The fourth-order valence-corrected chi connectivity index (χ4v) is 13.8. The summed E-state index contributed by atoms with van der Waals surface area (Å²) in [6.07, 6.45) is 55.5. The summed E-state index contributed by atoms with van der Waals surface area (Å²) in [7, 11) is -9.92. The molecule has 0 aliphatic carbocycles. The van der Waals surface area contributed by atoms with Crippen molar-refractivity contribution < 1.29 is 80.2 Å². The highest BCUT2D eigenvalue weighted by molar-refractivity contribution is 7.47. The molecule has 6 atom stereocenters. The Hall–Kier alpha value is -1.94. The first-order valence-corrected chi connectivity index (χ1v) is 44.2. The molecule has 0 aromatic rings. The molecule has 0 amide bonds. The molecule has 3 N–H and O–H groups in total. The molecule has 4 unspecified atom stereocenters. The van der Waals surface area contributed by atoms with Crippen LogP contribution < -0.4 is 0 Å². The van der Waals surface area contributed by atoms with Gasteiger partial charge in [0.05, 0.1) is 26.4 Å². The Morgan fingerprint density at radius 3 is 0.717 bits per heavy atom. The van der Waals surface area contributed by atoms with Crippen molar-refractivity contribution in [1.82, 2.24) is 0 Å². The van der Waals surface area contributed by atoms with E-state index in [0.717, 1.165) is 114 Å². The van der Waals surface area contributed by atoms with Gasteiger partial charge in [0.2, 0.25) is 0 Å². The fourth-order valence-electron chi connectivity index (χ4n) is 12.2. The average molecular weight is 1450 g/mol. The van der Waals surface area contributed by atoms with Crippen molar-refractivity contribution in [3.63, 3.8) is 0 Å². The maximum Gasteiger partial charge on any atom is 0.472 e. The summed E-state index contributed by atoms with van der Waals surface area (Å²) >= 11 is 0. The van der Waals surface area contributed by atoms with E-state index in [-0.39, 0.29) is 25.7 Å². The van der Waals surface area contributed by atoms with Crippen LogP contribution in [0.3, 0.4) is 0 Å². The van der Waals surface area contributed by atoms with Gasteiger partial charge in [0.25, 0.3) is 0 Å². The summed E-state index contributed by atoms with van der Waals surface area (Å²) in [6, 6.07) is 0. The van der Waals surface area contributed by atoms with Gasteiger partial charge in [-0.1, -0.05) is 357 Å². The van der Waals surface area contributed by atoms with E-state index >= 15 is 0 Å². The smallest absolute Gasteiger partial charge is 0.462 e. The van der Waals surface area contributed by atoms with E-state index in [4.69, 9.17) is 37.0 Å². The maximum atomic E-state index is 13.1. The summed E-state index contributed by atoms with van der Waals surface area (Å²) in [5, 5.41) is 10.6. The van der Waals surface area contributed by atoms with Crippen molar-refractivity contribution in [2.75, 3.05) is 39.6 Å². The maximum absolute atomic E-state index is 13.1. The van der Waals surface area contributed by atoms with Crippen molar-refractivity contribution in [3.05, 3.63) is 0 Å². The van der Waals surface area contributed by atoms with Gasteiger partial charge in [-0.05, 0) is 49.4 Å². The minimum Gasteiger partial charge on any atom is -0.462 e. The lowest BCUT2D eigenvalue weighted by molar-refractivity contribution is -0.161. The average Bonchev–Trinajstić information content (AvgIpc) is 0.975. The van der Waals surface area contributed by atoms with Crippen LogP contribution in [0.1, 0.15) is 409 Å². The van der Waals surface area contributed by atoms with Gasteiger partial charge in [-0.2, -0.15) is 0 Å². The third-order valence-electron chi connectivity index (χ3n) is 18.9. The number of unbranched alkanes of at least 4 members (excludes halogenated alkanes) is 42. The number of esters is 4. The number of carbonyl (C=O) groups is 4. The molecule has 0 saturated carbocycles. The Balaban J connectivity index is 5.24. The molecular formula is C80H156O17P2. The van der Waals surface area contributed by atoms with Gasteiger partial charge in [0.15, 0.2) is 12.2 Å². The number of aliphatic hydroxyl groups excluding tert-OH is 1. The highest BCUT2D eigenvalue weighted by Gasteiger charge is 2.30. The van der Waals surface area contributed by atoms with E-state index in [1.165, 1.54) is 205 Å². The third-order valence-corrected chi connectivity index (χ3v) is 20.8. The Morgan fingerprint density at radius 1 is 0.283 bits per heavy atom. The van der Waals surface area contributed by atoms with Gasteiger partial charge in [0, 0.05) is 25.7 Å². The molecule has 0 bridgehead atoms. The standard InChI is InChI=1S/C80H156O17P2/c1-9-73(8)59-51-43-35-27-23-24-28-36-44-52-60-77(82)90-66-75(96-79(84)63-55-47-38-30-22-18-14-13-16-20-26-33-41-49-57-71(4)5)68-94-98(86,87)92-64-74(81)65-93-99(88,89)95-69-76(67-91-78(83)61-53-45-39-31-34-42-50-58-72(6)7)97-80(85)62-54-46-37-29-21-17-12-10-11-15-19-25-32-40-48-56-70(2)3/h70-76,81H,9-69H2,1-8H3,(H,86,87)(H,88,89)/t73?,74?,75-,76-/m1/s1. The molecule has 0 fully saturated rings. The molecule has 0 aromatic carbocycles. The molecule has 0 aromatic heterocycles. The van der Waals surface area contributed by atoms with E-state index < -0.39 is 97.5 Å². The van der Waals surface area contributed by atoms with Gasteiger partial charge in [-0.15, -0.1) is 0 Å². The van der Waals surface area contributed by atoms with Crippen LogP contribution in [-0.4, -0.2) is 96.7 Å². The second-order valence-electron chi connectivity index (χ2n) is 30.5. The number of rotatable bonds is 77. The number of hydrogen-bond donors (Lipinski definition) is 3. The molecule has 19 heteroatoms. The lowest BCUT2D eigenvalue weighted by Crippen LogP contribution is -2.30. The fraction of sp³-hybridized carbons (Fsp3) is 0.950. The van der Waals surface area contributed by atoms with Gasteiger partial charge >= 0.3 is 39.5 Å². The van der Waals surface area contributed by atoms with Crippen LogP contribution in [0.4, 0.5) is 0 Å². The van der Waals surface area contributed by atoms with Crippen LogP contribution in [0, 0.1) is 23.7 Å². The molecular weight excluding hydrogens is 1290 g/mol. The minimum absolute atomic E-state index is 0.107. The first-order valence-electron chi connectivity index (χ1n) is 41.2. The summed E-state index contributed by atoms with van der Waals surface area (Å²) in [5.74, 6) is 0.997. The predicted molar refractivity (Wildman–Crippen MR) is 404 cm³/mol. The Labute approximate surface area is 607 Å². The van der Waals surface area contributed by atoms with Crippen molar-refractivity contribution >= 4 is 39.5 Å². The summed E-state index contributed by atoms with van der Waals surface area (Å²) in [5.41, 5.74) is 0. The van der Waals surface area contributed by atoms with Crippen LogP contribution in [-0.2, 0) is 65.4 Å². The lowest BCUT2D eigenvalue weighted by atomic mass is 9.99. The summed E-state index contributed by atoms with van der Waals surface area (Å²) in [6.45, 7) is 14.3. The number of carbonyl (C=O) groups excluding carboxylic acids is 4.